The molecule has 2 atom stereocenters. The van der Waals surface area contributed by atoms with Crippen molar-refractivity contribution in [2.45, 2.75) is 18.6 Å². The zero-order chi connectivity index (χ0) is 15.7. The molecule has 1 aromatic carbocycles. The highest BCUT2D eigenvalue weighted by Crippen LogP contribution is 2.24. The number of rotatable bonds is 3. The van der Waals surface area contributed by atoms with Crippen molar-refractivity contribution in [3.8, 4) is 0 Å². The van der Waals surface area contributed by atoms with Gasteiger partial charge < -0.3 is 15.1 Å². The van der Waals surface area contributed by atoms with E-state index in [-0.39, 0.29) is 13.0 Å². The number of likely N-dealkylation sites (tertiary alicyclic amines) is 1. The van der Waals surface area contributed by atoms with Gasteiger partial charge in [0.1, 0.15) is 11.9 Å². The molecule has 9 heteroatoms. The standard InChI is InChI=1S/C12H11FN2O6/c13-9-2-1-6(15(20)21)3-8(9)11(17)14-5-7(16)4-10(14)12(18)19/h1-3,7,10,16H,4-5H2,(H,18,19)/t7-,10+/m1/s1. The third-order valence-corrected chi connectivity index (χ3v) is 3.22. The summed E-state index contributed by atoms with van der Waals surface area (Å²) in [5, 5.41) is 29.1. The van der Waals surface area contributed by atoms with Gasteiger partial charge in [-0.25, -0.2) is 9.18 Å². The molecule has 1 heterocycles. The molecular formula is C12H11FN2O6. The van der Waals surface area contributed by atoms with Crippen LogP contribution in [0.5, 0.6) is 0 Å². The van der Waals surface area contributed by atoms with E-state index in [1.54, 1.807) is 0 Å². The van der Waals surface area contributed by atoms with Gasteiger partial charge in [-0.05, 0) is 6.07 Å². The molecule has 2 N–H and O–H groups in total. The number of hydrogen-bond donors (Lipinski definition) is 2. The molecular weight excluding hydrogens is 287 g/mol. The average Bonchev–Trinajstić information content (AvgIpc) is 2.80. The molecule has 0 aliphatic carbocycles. The predicted octanol–water partition coefficient (Wildman–Crippen LogP) is 0.394. The number of amides is 1. The second-order valence-corrected chi connectivity index (χ2v) is 4.62. The molecule has 1 aliphatic heterocycles. The Hall–Kier alpha value is -2.55. The van der Waals surface area contributed by atoms with Crippen LogP contribution in [0.25, 0.3) is 0 Å². The van der Waals surface area contributed by atoms with Crippen molar-refractivity contribution >= 4 is 17.6 Å². The van der Waals surface area contributed by atoms with Gasteiger partial charge in [-0.3, -0.25) is 14.9 Å². The first-order valence-electron chi connectivity index (χ1n) is 5.97. The molecule has 0 aromatic heterocycles. The van der Waals surface area contributed by atoms with Gasteiger partial charge in [0.05, 0.1) is 16.6 Å². The maximum absolute atomic E-state index is 13.7. The molecule has 0 radical (unpaired) electrons. The fourth-order valence-electron chi connectivity index (χ4n) is 2.22. The van der Waals surface area contributed by atoms with Crippen LogP contribution in [0.3, 0.4) is 0 Å². The van der Waals surface area contributed by atoms with Gasteiger partial charge >= 0.3 is 5.97 Å². The van der Waals surface area contributed by atoms with Crippen LogP contribution in [0.4, 0.5) is 10.1 Å². The Morgan fingerprint density at radius 3 is 2.67 bits per heavy atom. The molecule has 1 aliphatic rings. The van der Waals surface area contributed by atoms with Crippen molar-refractivity contribution in [2.75, 3.05) is 6.54 Å². The van der Waals surface area contributed by atoms with Crippen molar-refractivity contribution in [2.24, 2.45) is 0 Å². The lowest BCUT2D eigenvalue weighted by Crippen LogP contribution is -2.41. The molecule has 0 unspecified atom stereocenters. The van der Waals surface area contributed by atoms with Crippen LogP contribution in [0.2, 0.25) is 0 Å². The molecule has 1 aromatic rings. The van der Waals surface area contributed by atoms with Crippen molar-refractivity contribution < 1.29 is 29.1 Å². The highest BCUT2D eigenvalue weighted by Gasteiger charge is 2.40. The highest BCUT2D eigenvalue weighted by atomic mass is 19.1. The summed E-state index contributed by atoms with van der Waals surface area (Å²) in [4.78, 5) is 33.9. The molecule has 1 saturated heterocycles. The molecule has 0 spiro atoms. The summed E-state index contributed by atoms with van der Waals surface area (Å²) in [5.41, 5.74) is -1.07. The van der Waals surface area contributed by atoms with Crippen LogP contribution in [0, 0.1) is 15.9 Å². The minimum atomic E-state index is -1.33. The first-order valence-corrected chi connectivity index (χ1v) is 5.97. The van der Waals surface area contributed by atoms with Gasteiger partial charge in [0.15, 0.2) is 0 Å². The van der Waals surface area contributed by atoms with Gasteiger partial charge in [-0.1, -0.05) is 0 Å². The van der Waals surface area contributed by atoms with E-state index in [1.807, 2.05) is 0 Å². The summed E-state index contributed by atoms with van der Waals surface area (Å²) in [6.07, 6.45) is -1.20. The number of carboxylic acids is 1. The van der Waals surface area contributed by atoms with Crippen molar-refractivity contribution in [1.29, 1.82) is 0 Å². The summed E-state index contributed by atoms with van der Waals surface area (Å²) < 4.78 is 13.7. The molecule has 112 valence electrons. The number of halogens is 1. The lowest BCUT2D eigenvalue weighted by atomic mass is 10.1. The number of nitro benzene ring substituents is 1. The number of carbonyl (C=O) groups excluding carboxylic acids is 1. The molecule has 1 fully saturated rings. The Morgan fingerprint density at radius 1 is 1.43 bits per heavy atom. The van der Waals surface area contributed by atoms with E-state index in [2.05, 4.69) is 0 Å². The zero-order valence-electron chi connectivity index (χ0n) is 10.6. The largest absolute Gasteiger partial charge is 0.480 e. The topological polar surface area (TPSA) is 121 Å². The molecule has 2 rings (SSSR count). The van der Waals surface area contributed by atoms with Gasteiger partial charge in [-0.15, -0.1) is 0 Å². The zero-order valence-corrected chi connectivity index (χ0v) is 10.6. The van der Waals surface area contributed by atoms with Crippen LogP contribution in [0.1, 0.15) is 16.8 Å². The number of carbonyl (C=O) groups is 2. The number of nitrogens with zero attached hydrogens (tertiary/aromatic N) is 2. The van der Waals surface area contributed by atoms with Crippen molar-refractivity contribution in [1.82, 2.24) is 4.90 Å². The van der Waals surface area contributed by atoms with Crippen LogP contribution < -0.4 is 0 Å². The van der Waals surface area contributed by atoms with Gasteiger partial charge in [-0.2, -0.15) is 0 Å². The number of hydrogen-bond acceptors (Lipinski definition) is 5. The normalized spacial score (nSPS) is 21.3. The second-order valence-electron chi connectivity index (χ2n) is 4.62. The van der Waals surface area contributed by atoms with Gasteiger partial charge in [0, 0.05) is 25.1 Å². The van der Waals surface area contributed by atoms with Crippen molar-refractivity contribution in [3.05, 3.63) is 39.7 Å². The van der Waals surface area contributed by atoms with Crippen LogP contribution in [0.15, 0.2) is 18.2 Å². The second kappa shape index (κ2) is 5.44. The lowest BCUT2D eigenvalue weighted by Gasteiger charge is -2.21. The number of β-amino-alcohol motifs (C(OH)–C–C–N with tert-alkyl or cyclic N) is 1. The predicted molar refractivity (Wildman–Crippen MR) is 66.1 cm³/mol. The van der Waals surface area contributed by atoms with E-state index in [0.717, 1.165) is 23.1 Å². The molecule has 8 nitrogen and oxygen atoms in total. The Kier molecular flexibility index (Phi) is 3.85. The molecule has 0 saturated carbocycles. The number of nitro groups is 1. The highest BCUT2D eigenvalue weighted by molar-refractivity contribution is 5.97. The number of non-ortho nitro benzene ring substituents is 1. The third kappa shape index (κ3) is 2.82. The van der Waals surface area contributed by atoms with Crippen LogP contribution in [-0.4, -0.2) is 50.6 Å². The fourth-order valence-corrected chi connectivity index (χ4v) is 2.22. The van der Waals surface area contributed by atoms with E-state index in [9.17, 15) is 29.2 Å². The Balaban J connectivity index is 2.37. The Labute approximate surface area is 117 Å². The fraction of sp³-hybridized carbons (Fsp3) is 0.333. The molecule has 1 amide bonds. The first kappa shape index (κ1) is 14.9. The number of aliphatic carboxylic acids is 1. The minimum absolute atomic E-state index is 0.169. The van der Waals surface area contributed by atoms with Crippen molar-refractivity contribution in [3.63, 3.8) is 0 Å². The van der Waals surface area contributed by atoms with E-state index in [0.29, 0.717) is 0 Å². The lowest BCUT2D eigenvalue weighted by molar-refractivity contribution is -0.384. The smallest absolute Gasteiger partial charge is 0.326 e. The van der Waals surface area contributed by atoms with Gasteiger partial charge in [0.25, 0.3) is 11.6 Å². The third-order valence-electron chi connectivity index (χ3n) is 3.22. The summed E-state index contributed by atoms with van der Waals surface area (Å²) in [5.74, 6) is -3.32. The maximum atomic E-state index is 13.7. The van der Waals surface area contributed by atoms with E-state index in [4.69, 9.17) is 5.11 Å². The molecule has 21 heavy (non-hydrogen) atoms. The number of aliphatic hydroxyl groups excluding tert-OH is 1. The SMILES string of the molecule is O=C(O)[C@@H]1C[C@@H](O)CN1C(=O)c1cc([N+](=O)[O-])ccc1F. The maximum Gasteiger partial charge on any atom is 0.326 e. The molecule has 0 bridgehead atoms. The van der Waals surface area contributed by atoms with E-state index in [1.165, 1.54) is 0 Å². The quantitative estimate of drug-likeness (QED) is 0.615. The minimum Gasteiger partial charge on any atom is -0.480 e. The number of carboxylic acid groups (broad SMARTS) is 1. The Bertz CT molecular complexity index is 620. The van der Waals surface area contributed by atoms with Gasteiger partial charge in [0.2, 0.25) is 0 Å². The summed E-state index contributed by atoms with van der Waals surface area (Å²) in [6.45, 7) is -0.266. The summed E-state index contributed by atoms with van der Waals surface area (Å²) in [7, 11) is 0. The summed E-state index contributed by atoms with van der Waals surface area (Å²) >= 11 is 0. The van der Waals surface area contributed by atoms with Crippen LogP contribution >= 0.6 is 0 Å². The number of benzene rings is 1. The summed E-state index contributed by atoms with van der Waals surface area (Å²) in [6, 6.07) is 1.14. The number of aliphatic hydroxyl groups is 1. The van der Waals surface area contributed by atoms with Crippen LogP contribution in [-0.2, 0) is 4.79 Å². The average molecular weight is 298 g/mol. The first-order chi connectivity index (χ1) is 9.81. The monoisotopic (exact) mass is 298 g/mol. The Morgan fingerprint density at radius 2 is 2.10 bits per heavy atom. The van der Waals surface area contributed by atoms with E-state index >= 15 is 0 Å². The van der Waals surface area contributed by atoms with E-state index < -0.39 is 46.0 Å².